The maximum absolute atomic E-state index is 11.2. The van der Waals surface area contributed by atoms with Crippen LogP contribution in [0.25, 0.3) is 0 Å². The number of ether oxygens (including phenoxy) is 1. The number of aldehydes is 1. The van der Waals surface area contributed by atoms with Crippen molar-refractivity contribution in [3.05, 3.63) is 46.5 Å². The van der Waals surface area contributed by atoms with Crippen LogP contribution in [-0.2, 0) is 4.74 Å². The summed E-state index contributed by atoms with van der Waals surface area (Å²) in [6.45, 7) is 3.39. The average molecular weight is 250 g/mol. The Morgan fingerprint density at radius 3 is 2.83 bits per heavy atom. The molecule has 0 bridgehead atoms. The third-order valence-electron chi connectivity index (χ3n) is 1.93. The molecule has 0 fully saturated rings. The number of nitro groups is 1. The Labute approximate surface area is 102 Å². The molecule has 0 aromatic heterocycles. The van der Waals surface area contributed by atoms with E-state index >= 15 is 0 Å². The van der Waals surface area contributed by atoms with Gasteiger partial charge < -0.3 is 4.74 Å². The van der Waals surface area contributed by atoms with Crippen LogP contribution in [-0.4, -0.2) is 23.9 Å². The zero-order chi connectivity index (χ0) is 13.5. The van der Waals surface area contributed by atoms with E-state index in [0.717, 1.165) is 6.07 Å². The van der Waals surface area contributed by atoms with Crippen molar-refractivity contribution in [2.24, 2.45) is 0 Å². The lowest BCUT2D eigenvalue weighted by atomic mass is 10.2. The molecular weight excluding hydrogens is 240 g/mol. The molecule has 18 heavy (non-hydrogen) atoms. The first kappa shape index (κ1) is 13.4. The summed E-state index contributed by atoms with van der Waals surface area (Å²) in [6, 6.07) is 3.69. The van der Waals surface area contributed by atoms with Crippen molar-refractivity contribution in [2.75, 3.05) is 11.9 Å². The van der Waals surface area contributed by atoms with Gasteiger partial charge >= 0.3 is 6.09 Å². The van der Waals surface area contributed by atoms with Crippen LogP contribution < -0.4 is 5.32 Å². The van der Waals surface area contributed by atoms with Crippen LogP contribution in [0.3, 0.4) is 0 Å². The van der Waals surface area contributed by atoms with Crippen LogP contribution >= 0.6 is 0 Å². The second-order valence-electron chi connectivity index (χ2n) is 3.16. The Kier molecular flexibility index (Phi) is 4.56. The largest absolute Gasteiger partial charge is 0.445 e. The summed E-state index contributed by atoms with van der Waals surface area (Å²) >= 11 is 0. The zero-order valence-corrected chi connectivity index (χ0v) is 9.29. The highest BCUT2D eigenvalue weighted by Gasteiger charge is 2.14. The smallest absolute Gasteiger partial charge is 0.411 e. The van der Waals surface area contributed by atoms with Crippen molar-refractivity contribution in [3.63, 3.8) is 0 Å². The lowest BCUT2D eigenvalue weighted by Gasteiger charge is -2.05. The second kappa shape index (κ2) is 6.14. The molecule has 0 radical (unpaired) electrons. The first-order valence-corrected chi connectivity index (χ1v) is 4.86. The van der Waals surface area contributed by atoms with Crippen molar-refractivity contribution in [3.8, 4) is 0 Å². The monoisotopic (exact) mass is 250 g/mol. The van der Waals surface area contributed by atoms with Crippen LogP contribution in [0.1, 0.15) is 10.4 Å². The molecule has 1 N–H and O–H groups in total. The van der Waals surface area contributed by atoms with E-state index in [9.17, 15) is 19.7 Å². The highest BCUT2D eigenvalue weighted by molar-refractivity contribution is 5.88. The minimum Gasteiger partial charge on any atom is -0.445 e. The first-order chi connectivity index (χ1) is 8.58. The molecule has 0 unspecified atom stereocenters. The number of nitrogens with zero attached hydrogens (tertiary/aromatic N) is 1. The second-order valence-corrected chi connectivity index (χ2v) is 3.16. The molecule has 1 amide bonds. The van der Waals surface area contributed by atoms with Gasteiger partial charge in [0, 0.05) is 6.07 Å². The quantitative estimate of drug-likeness (QED) is 0.373. The number of anilines is 1. The van der Waals surface area contributed by atoms with Gasteiger partial charge in [0.2, 0.25) is 0 Å². The van der Waals surface area contributed by atoms with Crippen molar-refractivity contribution in [2.45, 2.75) is 0 Å². The molecule has 0 aliphatic rings. The summed E-state index contributed by atoms with van der Waals surface area (Å²) < 4.78 is 4.64. The van der Waals surface area contributed by atoms with Crippen molar-refractivity contribution < 1.29 is 19.2 Å². The summed E-state index contributed by atoms with van der Waals surface area (Å²) in [7, 11) is 0. The molecule has 1 rings (SSSR count). The Morgan fingerprint density at radius 1 is 1.56 bits per heavy atom. The van der Waals surface area contributed by atoms with E-state index in [4.69, 9.17) is 0 Å². The summed E-state index contributed by atoms with van der Waals surface area (Å²) in [4.78, 5) is 31.7. The lowest BCUT2D eigenvalue weighted by Crippen LogP contribution is -2.13. The van der Waals surface area contributed by atoms with Gasteiger partial charge in [0.05, 0.1) is 16.2 Å². The molecule has 1 aromatic carbocycles. The van der Waals surface area contributed by atoms with E-state index < -0.39 is 11.0 Å². The van der Waals surface area contributed by atoms with Gasteiger partial charge in [0.15, 0.2) is 6.29 Å². The van der Waals surface area contributed by atoms with Gasteiger partial charge in [-0.05, 0) is 12.1 Å². The third kappa shape index (κ3) is 3.41. The van der Waals surface area contributed by atoms with E-state index in [1.165, 1.54) is 18.2 Å². The fourth-order valence-electron chi connectivity index (χ4n) is 1.17. The molecule has 94 valence electrons. The number of carbonyl (C=O) groups is 2. The fourth-order valence-corrected chi connectivity index (χ4v) is 1.17. The molecule has 0 saturated heterocycles. The number of benzene rings is 1. The maximum atomic E-state index is 11.2. The van der Waals surface area contributed by atoms with Gasteiger partial charge in [-0.3, -0.25) is 20.2 Å². The number of nitro benzene ring substituents is 1. The number of hydrogen-bond acceptors (Lipinski definition) is 5. The number of nitrogens with one attached hydrogen (secondary N) is 1. The highest BCUT2D eigenvalue weighted by atomic mass is 16.6. The minimum absolute atomic E-state index is 0.0281. The summed E-state index contributed by atoms with van der Waals surface area (Å²) in [5.74, 6) is 0. The van der Waals surface area contributed by atoms with Crippen molar-refractivity contribution in [1.82, 2.24) is 0 Å². The van der Waals surface area contributed by atoms with Crippen LogP contribution in [0.4, 0.5) is 16.2 Å². The summed E-state index contributed by atoms with van der Waals surface area (Å²) in [6.07, 6.45) is 0.998. The maximum Gasteiger partial charge on any atom is 0.411 e. The molecule has 0 aliphatic carbocycles. The molecule has 0 atom stereocenters. The Bertz CT molecular complexity index is 498. The lowest BCUT2D eigenvalue weighted by molar-refractivity contribution is -0.385. The van der Waals surface area contributed by atoms with Gasteiger partial charge in [-0.25, -0.2) is 4.79 Å². The van der Waals surface area contributed by atoms with E-state index in [-0.39, 0.29) is 23.5 Å². The summed E-state index contributed by atoms with van der Waals surface area (Å²) in [5, 5.41) is 13.0. The molecule has 0 aliphatic heterocycles. The van der Waals surface area contributed by atoms with E-state index in [2.05, 4.69) is 16.6 Å². The third-order valence-corrected chi connectivity index (χ3v) is 1.93. The van der Waals surface area contributed by atoms with Crippen LogP contribution in [0, 0.1) is 10.1 Å². The predicted octanol–water partition coefficient (Wildman–Crippen LogP) is 2.14. The van der Waals surface area contributed by atoms with Crippen LogP contribution in [0.5, 0.6) is 0 Å². The molecule has 1 aromatic rings. The van der Waals surface area contributed by atoms with Gasteiger partial charge in [0.25, 0.3) is 5.69 Å². The van der Waals surface area contributed by atoms with E-state index in [0.29, 0.717) is 6.29 Å². The van der Waals surface area contributed by atoms with Crippen LogP contribution in [0.15, 0.2) is 30.9 Å². The topological polar surface area (TPSA) is 98.5 Å². The van der Waals surface area contributed by atoms with Crippen LogP contribution in [0.2, 0.25) is 0 Å². The molecule has 0 spiro atoms. The molecule has 7 nitrogen and oxygen atoms in total. The standard InChI is InChI=1S/C11H10N2O5/c1-2-5-18-11(15)12-9-4-3-8(7-14)10(6-9)13(16)17/h2-4,6-7H,1,5H2,(H,12,15). The van der Waals surface area contributed by atoms with Crippen molar-refractivity contribution in [1.29, 1.82) is 0 Å². The molecule has 0 saturated carbocycles. The Hall–Kier alpha value is -2.70. The molecular formula is C11H10N2O5. The average Bonchev–Trinajstić information content (AvgIpc) is 2.36. The summed E-state index contributed by atoms with van der Waals surface area (Å²) in [5.41, 5.74) is -0.280. The van der Waals surface area contributed by atoms with Gasteiger partial charge in [0.1, 0.15) is 6.61 Å². The fraction of sp³-hybridized carbons (Fsp3) is 0.0909. The highest BCUT2D eigenvalue weighted by Crippen LogP contribution is 2.21. The van der Waals surface area contributed by atoms with Gasteiger partial charge in [-0.2, -0.15) is 0 Å². The first-order valence-electron chi connectivity index (χ1n) is 4.86. The zero-order valence-electron chi connectivity index (χ0n) is 9.29. The van der Waals surface area contributed by atoms with Gasteiger partial charge in [-0.15, -0.1) is 0 Å². The normalized spacial score (nSPS) is 9.33. The van der Waals surface area contributed by atoms with E-state index in [1.807, 2.05) is 0 Å². The number of rotatable bonds is 5. The van der Waals surface area contributed by atoms with E-state index in [1.54, 1.807) is 0 Å². The Balaban J connectivity index is 2.88. The van der Waals surface area contributed by atoms with Gasteiger partial charge in [-0.1, -0.05) is 12.7 Å². The minimum atomic E-state index is -0.761. The SMILES string of the molecule is C=CCOC(=O)Nc1ccc(C=O)c([N+](=O)[O-])c1. The molecule has 7 heteroatoms. The molecule has 0 heterocycles. The Morgan fingerprint density at radius 2 is 2.28 bits per heavy atom. The number of hydrogen-bond donors (Lipinski definition) is 1. The predicted molar refractivity (Wildman–Crippen MR) is 63.7 cm³/mol. The number of carbonyl (C=O) groups excluding carboxylic acids is 2. The van der Waals surface area contributed by atoms with Crippen molar-refractivity contribution >= 4 is 23.8 Å². The number of amides is 1.